The van der Waals surface area contributed by atoms with Gasteiger partial charge >= 0.3 is 0 Å². The van der Waals surface area contributed by atoms with E-state index in [-0.39, 0.29) is 6.10 Å². The first-order chi connectivity index (χ1) is 11.1. The van der Waals surface area contributed by atoms with Gasteiger partial charge in [-0.2, -0.15) is 4.98 Å². The number of amides is 1. The lowest BCUT2D eigenvalue weighted by atomic mass is 10.1. The number of carbonyl (C=O) groups is 1. The van der Waals surface area contributed by atoms with Crippen molar-refractivity contribution in [3.8, 4) is 5.88 Å². The molecule has 23 heavy (non-hydrogen) atoms. The number of aromatic nitrogens is 2. The monoisotopic (exact) mass is 308 g/mol. The van der Waals surface area contributed by atoms with E-state index in [4.69, 9.17) is 10.5 Å². The Labute approximate surface area is 132 Å². The highest BCUT2D eigenvalue weighted by molar-refractivity contribution is 6.00. The number of fused-ring (bicyclic) bond motifs is 2. The van der Waals surface area contributed by atoms with E-state index in [0.717, 1.165) is 22.4 Å². The molecule has 1 aromatic carbocycles. The van der Waals surface area contributed by atoms with Crippen molar-refractivity contribution in [3.05, 3.63) is 48.2 Å². The van der Waals surface area contributed by atoms with Crippen LogP contribution in [-0.4, -0.2) is 28.5 Å². The predicted molar refractivity (Wildman–Crippen MR) is 88.1 cm³/mol. The number of nitrogens with zero attached hydrogens (tertiary/aromatic N) is 2. The number of para-hydroxylation sites is 1. The number of rotatable bonds is 2. The molecular formula is C17H16N4O2. The van der Waals surface area contributed by atoms with Crippen LogP contribution in [0.15, 0.2) is 42.6 Å². The number of carbonyl (C=O) groups excluding carboxylic acids is 1. The minimum Gasteiger partial charge on any atom is -0.471 e. The molecule has 1 atom stereocenters. The molecule has 3 aromatic rings. The Balaban J connectivity index is 1.92. The number of ether oxygens (including phenoxy) is 1. The van der Waals surface area contributed by atoms with Crippen molar-refractivity contribution < 1.29 is 9.53 Å². The van der Waals surface area contributed by atoms with Crippen molar-refractivity contribution in [1.82, 2.24) is 9.97 Å². The van der Waals surface area contributed by atoms with Gasteiger partial charge in [-0.1, -0.05) is 12.1 Å². The van der Waals surface area contributed by atoms with E-state index in [9.17, 15) is 4.79 Å². The number of primary amides is 1. The van der Waals surface area contributed by atoms with Gasteiger partial charge < -0.3 is 20.4 Å². The highest BCUT2D eigenvalue weighted by Gasteiger charge is 2.28. The molecule has 1 amide bonds. The van der Waals surface area contributed by atoms with Gasteiger partial charge in [0.15, 0.2) is 0 Å². The van der Waals surface area contributed by atoms with E-state index in [1.54, 1.807) is 6.07 Å². The smallest absolute Gasteiger partial charge is 0.250 e. The third-order valence-corrected chi connectivity index (χ3v) is 3.98. The zero-order chi connectivity index (χ0) is 16.0. The predicted octanol–water partition coefficient (Wildman–Crippen LogP) is 2.58. The number of hydrogen-bond donors (Lipinski definition) is 2. The first-order valence-electron chi connectivity index (χ1n) is 7.44. The van der Waals surface area contributed by atoms with Gasteiger partial charge in [0.25, 0.3) is 5.91 Å². The Hall–Kier alpha value is -3.02. The number of hydrogen-bond acceptors (Lipinski definition) is 4. The maximum atomic E-state index is 11.8. The van der Waals surface area contributed by atoms with E-state index in [0.29, 0.717) is 18.0 Å². The molecule has 0 saturated carbocycles. The molecule has 116 valence electrons. The molecule has 0 aliphatic carbocycles. The number of anilines is 2. The summed E-state index contributed by atoms with van der Waals surface area (Å²) in [7, 11) is 0. The number of nitrogens with two attached hydrogens (primary N) is 1. The van der Waals surface area contributed by atoms with Crippen molar-refractivity contribution in [2.45, 2.75) is 13.0 Å². The molecule has 6 heteroatoms. The van der Waals surface area contributed by atoms with Crippen molar-refractivity contribution >= 4 is 28.3 Å². The third-order valence-electron chi connectivity index (χ3n) is 3.98. The zero-order valence-corrected chi connectivity index (χ0v) is 12.6. The topological polar surface area (TPSA) is 84.2 Å². The molecule has 4 rings (SSSR count). The van der Waals surface area contributed by atoms with Gasteiger partial charge in [-0.05, 0) is 31.2 Å². The minimum atomic E-state index is -0.447. The minimum absolute atomic E-state index is 0.0525. The molecule has 0 spiro atoms. The fourth-order valence-electron chi connectivity index (χ4n) is 2.96. The number of aromatic amines is 1. The Morgan fingerprint density at radius 3 is 3.00 bits per heavy atom. The molecule has 3 N–H and O–H groups in total. The Morgan fingerprint density at radius 2 is 2.17 bits per heavy atom. The van der Waals surface area contributed by atoms with E-state index in [1.165, 1.54) is 0 Å². The van der Waals surface area contributed by atoms with E-state index < -0.39 is 5.91 Å². The number of pyridine rings is 1. The molecular weight excluding hydrogens is 292 g/mol. The first-order valence-corrected chi connectivity index (χ1v) is 7.44. The van der Waals surface area contributed by atoms with Gasteiger partial charge in [-0.25, -0.2) is 0 Å². The largest absolute Gasteiger partial charge is 0.471 e. The molecule has 3 heterocycles. The molecule has 0 bridgehead atoms. The molecule has 0 radical (unpaired) electrons. The van der Waals surface area contributed by atoms with Crippen LogP contribution >= 0.6 is 0 Å². The lowest BCUT2D eigenvalue weighted by molar-refractivity contribution is 0.100. The second kappa shape index (κ2) is 5.01. The van der Waals surface area contributed by atoms with Crippen LogP contribution in [0.25, 0.3) is 11.0 Å². The van der Waals surface area contributed by atoms with E-state index >= 15 is 0 Å². The summed E-state index contributed by atoms with van der Waals surface area (Å²) < 4.78 is 5.87. The van der Waals surface area contributed by atoms with Crippen LogP contribution in [0, 0.1) is 0 Å². The maximum absolute atomic E-state index is 11.8. The van der Waals surface area contributed by atoms with E-state index in [2.05, 4.69) is 9.97 Å². The second-order valence-electron chi connectivity index (χ2n) is 5.65. The quantitative estimate of drug-likeness (QED) is 0.762. The number of benzene rings is 1. The van der Waals surface area contributed by atoms with Crippen molar-refractivity contribution in [3.63, 3.8) is 0 Å². The van der Waals surface area contributed by atoms with Crippen molar-refractivity contribution in [2.24, 2.45) is 5.73 Å². The average Bonchev–Trinajstić information content (AvgIpc) is 2.99. The molecule has 1 aliphatic rings. The fourth-order valence-corrected chi connectivity index (χ4v) is 2.96. The molecule has 1 aliphatic heterocycles. The number of H-pyrrole nitrogens is 1. The Bertz CT molecular complexity index is 902. The normalized spacial score (nSPS) is 16.9. The Morgan fingerprint density at radius 1 is 1.35 bits per heavy atom. The van der Waals surface area contributed by atoms with Crippen LogP contribution in [0.4, 0.5) is 11.4 Å². The van der Waals surface area contributed by atoms with Crippen molar-refractivity contribution in [2.75, 3.05) is 11.4 Å². The molecule has 6 nitrogen and oxygen atoms in total. The van der Waals surface area contributed by atoms with Crippen LogP contribution in [0.5, 0.6) is 5.88 Å². The number of nitrogens with one attached hydrogen (secondary N) is 1. The summed E-state index contributed by atoms with van der Waals surface area (Å²) in [5, 5.41) is 0.989. The standard InChI is InChI=1S/C17H16N4O2/c1-10-9-21(13-5-3-2-4-12(13)15(18)22)14-8-11-6-7-19-16(11)20-17(14)23-10/h2-8,10H,9H2,1H3,(H2,18,22)(H,19,20)/t10-/m1/s1. The summed E-state index contributed by atoms with van der Waals surface area (Å²) >= 11 is 0. The first kappa shape index (κ1) is 13.6. The highest BCUT2D eigenvalue weighted by Crippen LogP contribution is 2.39. The van der Waals surface area contributed by atoms with Crippen LogP contribution in [0.3, 0.4) is 0 Å². The highest BCUT2D eigenvalue weighted by atomic mass is 16.5. The summed E-state index contributed by atoms with van der Waals surface area (Å²) in [6, 6.07) is 11.3. The molecule has 0 unspecified atom stereocenters. The third kappa shape index (κ3) is 2.19. The fraction of sp³-hybridized carbons (Fsp3) is 0.176. The van der Waals surface area contributed by atoms with Gasteiger partial charge in [-0.15, -0.1) is 0 Å². The van der Waals surface area contributed by atoms with Crippen LogP contribution in [0.1, 0.15) is 17.3 Å². The van der Waals surface area contributed by atoms with Crippen LogP contribution in [0.2, 0.25) is 0 Å². The van der Waals surface area contributed by atoms with Crippen LogP contribution < -0.4 is 15.4 Å². The summed E-state index contributed by atoms with van der Waals surface area (Å²) in [5.41, 5.74) is 8.41. The van der Waals surface area contributed by atoms with Gasteiger partial charge in [-0.3, -0.25) is 4.79 Å². The Kier molecular flexibility index (Phi) is 2.97. The summed E-state index contributed by atoms with van der Waals surface area (Å²) in [4.78, 5) is 21.4. The zero-order valence-electron chi connectivity index (χ0n) is 12.6. The van der Waals surface area contributed by atoms with Crippen molar-refractivity contribution in [1.29, 1.82) is 0 Å². The SMILES string of the molecule is C[C@@H]1CN(c2ccccc2C(N)=O)c2cc3cc[nH]c3nc2O1. The van der Waals surface area contributed by atoms with Gasteiger partial charge in [0.05, 0.1) is 17.8 Å². The van der Waals surface area contributed by atoms with E-state index in [1.807, 2.05) is 48.4 Å². The van der Waals surface area contributed by atoms with Gasteiger partial charge in [0, 0.05) is 11.6 Å². The van der Waals surface area contributed by atoms with Gasteiger partial charge in [0.2, 0.25) is 5.88 Å². The van der Waals surface area contributed by atoms with Crippen LogP contribution in [-0.2, 0) is 0 Å². The summed E-state index contributed by atoms with van der Waals surface area (Å²) in [6.45, 7) is 2.60. The lowest BCUT2D eigenvalue weighted by Crippen LogP contribution is -2.36. The average molecular weight is 308 g/mol. The second-order valence-corrected chi connectivity index (χ2v) is 5.65. The molecule has 0 saturated heterocycles. The summed E-state index contributed by atoms with van der Waals surface area (Å²) in [5.74, 6) is 0.106. The van der Waals surface area contributed by atoms with Gasteiger partial charge in [0.1, 0.15) is 17.4 Å². The molecule has 2 aromatic heterocycles. The summed E-state index contributed by atoms with van der Waals surface area (Å²) in [6.07, 6.45) is 1.79. The molecule has 0 fully saturated rings. The lowest BCUT2D eigenvalue weighted by Gasteiger charge is -2.34. The maximum Gasteiger partial charge on any atom is 0.250 e.